The number of anilines is 1. The minimum Gasteiger partial charge on any atom is -0.372 e. The summed E-state index contributed by atoms with van der Waals surface area (Å²) in [4.78, 5) is 11.1. The normalized spacial score (nSPS) is 25.8. The Kier molecular flexibility index (Phi) is 3.39. The maximum atomic E-state index is 5.69. The Labute approximate surface area is 96.7 Å². The molecule has 4 heteroatoms. The molecule has 1 aromatic heterocycles. The first-order valence-corrected chi connectivity index (χ1v) is 5.90. The second-order valence-electron chi connectivity index (χ2n) is 4.38. The fourth-order valence-corrected chi connectivity index (χ4v) is 2.06. The van der Waals surface area contributed by atoms with Crippen LogP contribution in [-0.4, -0.2) is 35.3 Å². The van der Waals surface area contributed by atoms with E-state index in [-0.39, 0.29) is 12.2 Å². The maximum Gasteiger partial charge on any atom is 0.147 e. The Balaban J connectivity index is 2.10. The summed E-state index contributed by atoms with van der Waals surface area (Å²) in [5.41, 5.74) is 1.04. The van der Waals surface area contributed by atoms with Crippen LogP contribution in [0.2, 0.25) is 0 Å². The maximum absolute atomic E-state index is 5.69. The summed E-state index contributed by atoms with van der Waals surface area (Å²) in [6, 6.07) is 0. The number of hydrogen-bond donors (Lipinski definition) is 0. The van der Waals surface area contributed by atoms with Crippen molar-refractivity contribution in [1.82, 2.24) is 9.97 Å². The third kappa shape index (κ3) is 2.50. The van der Waals surface area contributed by atoms with Gasteiger partial charge in [-0.3, -0.25) is 4.98 Å². The van der Waals surface area contributed by atoms with Gasteiger partial charge in [-0.05, 0) is 20.3 Å². The van der Waals surface area contributed by atoms with Gasteiger partial charge in [-0.2, -0.15) is 0 Å². The van der Waals surface area contributed by atoms with Gasteiger partial charge in [0.15, 0.2) is 0 Å². The van der Waals surface area contributed by atoms with Crippen molar-refractivity contribution >= 4 is 5.82 Å². The van der Waals surface area contributed by atoms with E-state index in [9.17, 15) is 0 Å². The van der Waals surface area contributed by atoms with Crippen molar-refractivity contribution in [3.63, 3.8) is 0 Å². The third-order valence-electron chi connectivity index (χ3n) is 2.80. The van der Waals surface area contributed by atoms with E-state index < -0.39 is 0 Å². The highest BCUT2D eigenvalue weighted by Crippen LogP contribution is 2.17. The van der Waals surface area contributed by atoms with Gasteiger partial charge in [-0.1, -0.05) is 6.92 Å². The SMILES string of the molecule is CCc1cnc(N2CC(C)OC(C)C2)cn1. The topological polar surface area (TPSA) is 38.2 Å². The quantitative estimate of drug-likeness (QED) is 0.761. The molecule has 0 aliphatic carbocycles. The monoisotopic (exact) mass is 221 g/mol. The molecule has 2 atom stereocenters. The van der Waals surface area contributed by atoms with Crippen LogP contribution in [0.25, 0.3) is 0 Å². The number of nitrogens with zero attached hydrogens (tertiary/aromatic N) is 3. The minimum absolute atomic E-state index is 0.261. The van der Waals surface area contributed by atoms with E-state index in [0.717, 1.165) is 31.0 Å². The molecule has 16 heavy (non-hydrogen) atoms. The van der Waals surface area contributed by atoms with E-state index in [0.29, 0.717) is 0 Å². The highest BCUT2D eigenvalue weighted by atomic mass is 16.5. The molecule has 1 saturated heterocycles. The summed E-state index contributed by atoms with van der Waals surface area (Å²) in [6.07, 6.45) is 5.18. The summed E-state index contributed by atoms with van der Waals surface area (Å²) in [5.74, 6) is 0.958. The largest absolute Gasteiger partial charge is 0.372 e. The van der Waals surface area contributed by atoms with E-state index >= 15 is 0 Å². The van der Waals surface area contributed by atoms with E-state index in [4.69, 9.17) is 4.74 Å². The minimum atomic E-state index is 0.261. The highest BCUT2D eigenvalue weighted by Gasteiger charge is 2.23. The number of ether oxygens (including phenoxy) is 1. The zero-order valence-corrected chi connectivity index (χ0v) is 10.2. The molecule has 1 fully saturated rings. The fraction of sp³-hybridized carbons (Fsp3) is 0.667. The van der Waals surface area contributed by atoms with Crippen LogP contribution in [0.3, 0.4) is 0 Å². The van der Waals surface area contributed by atoms with Crippen LogP contribution in [0.4, 0.5) is 5.82 Å². The van der Waals surface area contributed by atoms with Crippen LogP contribution in [0, 0.1) is 0 Å². The Morgan fingerprint density at radius 3 is 2.44 bits per heavy atom. The van der Waals surface area contributed by atoms with Crippen LogP contribution in [-0.2, 0) is 11.2 Å². The number of hydrogen-bond acceptors (Lipinski definition) is 4. The van der Waals surface area contributed by atoms with Crippen molar-refractivity contribution in [2.45, 2.75) is 39.4 Å². The summed E-state index contributed by atoms with van der Waals surface area (Å²) < 4.78 is 5.69. The molecule has 0 bridgehead atoms. The van der Waals surface area contributed by atoms with Crippen LogP contribution < -0.4 is 4.90 Å². The lowest BCUT2D eigenvalue weighted by molar-refractivity contribution is -0.00547. The predicted octanol–water partition coefficient (Wildman–Crippen LogP) is 1.65. The van der Waals surface area contributed by atoms with Gasteiger partial charge in [0.05, 0.1) is 30.3 Å². The summed E-state index contributed by atoms with van der Waals surface area (Å²) in [7, 11) is 0. The van der Waals surface area contributed by atoms with Crippen LogP contribution in [0.15, 0.2) is 12.4 Å². The molecular formula is C12H19N3O. The van der Waals surface area contributed by atoms with Crippen molar-refractivity contribution < 1.29 is 4.74 Å². The first-order valence-electron chi connectivity index (χ1n) is 5.90. The predicted molar refractivity (Wildman–Crippen MR) is 63.6 cm³/mol. The number of aryl methyl sites for hydroxylation is 1. The first-order chi connectivity index (χ1) is 7.69. The molecule has 0 saturated carbocycles. The molecular weight excluding hydrogens is 202 g/mol. The molecule has 2 heterocycles. The molecule has 1 aliphatic rings. The Hall–Kier alpha value is -1.16. The van der Waals surface area contributed by atoms with E-state index in [1.165, 1.54) is 0 Å². The van der Waals surface area contributed by atoms with Gasteiger partial charge in [0.2, 0.25) is 0 Å². The summed E-state index contributed by atoms with van der Waals surface area (Å²) in [6.45, 7) is 8.06. The first kappa shape index (κ1) is 11.3. The van der Waals surface area contributed by atoms with Crippen LogP contribution >= 0.6 is 0 Å². The molecule has 4 nitrogen and oxygen atoms in total. The lowest BCUT2D eigenvalue weighted by atomic mass is 10.2. The Morgan fingerprint density at radius 2 is 1.94 bits per heavy atom. The van der Waals surface area contributed by atoms with Gasteiger partial charge < -0.3 is 9.64 Å². The van der Waals surface area contributed by atoms with Crippen molar-refractivity contribution in [2.24, 2.45) is 0 Å². The molecule has 1 aromatic rings. The molecule has 0 amide bonds. The molecule has 1 aliphatic heterocycles. The van der Waals surface area contributed by atoms with E-state index in [2.05, 4.69) is 35.6 Å². The smallest absolute Gasteiger partial charge is 0.147 e. The molecule has 2 unspecified atom stereocenters. The number of rotatable bonds is 2. The van der Waals surface area contributed by atoms with Crippen molar-refractivity contribution in [3.05, 3.63) is 18.1 Å². The zero-order valence-electron chi connectivity index (χ0n) is 10.2. The van der Waals surface area contributed by atoms with Gasteiger partial charge in [-0.15, -0.1) is 0 Å². The van der Waals surface area contributed by atoms with Gasteiger partial charge in [0.25, 0.3) is 0 Å². The van der Waals surface area contributed by atoms with E-state index in [1.807, 2.05) is 12.4 Å². The third-order valence-corrected chi connectivity index (χ3v) is 2.80. The summed E-state index contributed by atoms with van der Waals surface area (Å²) >= 11 is 0. The second kappa shape index (κ2) is 4.78. The molecule has 0 spiro atoms. The average Bonchev–Trinajstić information content (AvgIpc) is 2.28. The van der Waals surface area contributed by atoms with E-state index in [1.54, 1.807) is 0 Å². The fourth-order valence-electron chi connectivity index (χ4n) is 2.06. The van der Waals surface area contributed by atoms with Crippen LogP contribution in [0.1, 0.15) is 26.5 Å². The molecule has 2 rings (SSSR count). The average molecular weight is 221 g/mol. The van der Waals surface area contributed by atoms with Gasteiger partial charge in [-0.25, -0.2) is 4.98 Å². The standard InChI is InChI=1S/C12H19N3O/c1-4-11-5-14-12(6-13-11)15-7-9(2)16-10(3)8-15/h5-6,9-10H,4,7-8H2,1-3H3. The van der Waals surface area contributed by atoms with Gasteiger partial charge in [0, 0.05) is 13.1 Å². The lowest BCUT2D eigenvalue weighted by Crippen LogP contribution is -2.45. The second-order valence-corrected chi connectivity index (χ2v) is 4.38. The van der Waals surface area contributed by atoms with Crippen LogP contribution in [0.5, 0.6) is 0 Å². The zero-order chi connectivity index (χ0) is 11.5. The molecule has 0 radical (unpaired) electrons. The molecule has 0 N–H and O–H groups in total. The Morgan fingerprint density at radius 1 is 1.25 bits per heavy atom. The van der Waals surface area contributed by atoms with Crippen molar-refractivity contribution in [2.75, 3.05) is 18.0 Å². The van der Waals surface area contributed by atoms with Crippen molar-refractivity contribution in [1.29, 1.82) is 0 Å². The molecule has 0 aromatic carbocycles. The highest BCUT2D eigenvalue weighted by molar-refractivity contribution is 5.36. The molecule has 88 valence electrons. The van der Waals surface area contributed by atoms with Gasteiger partial charge >= 0.3 is 0 Å². The van der Waals surface area contributed by atoms with Gasteiger partial charge in [0.1, 0.15) is 5.82 Å². The Bertz CT molecular complexity index is 329. The number of aromatic nitrogens is 2. The number of morpholine rings is 1. The lowest BCUT2D eigenvalue weighted by Gasteiger charge is -2.35. The summed E-state index contributed by atoms with van der Waals surface area (Å²) in [5, 5.41) is 0. The van der Waals surface area contributed by atoms with Crippen molar-refractivity contribution in [3.8, 4) is 0 Å².